The Labute approximate surface area is 121 Å². The number of carbonyl (C=O) groups is 3. The van der Waals surface area contributed by atoms with Crippen molar-refractivity contribution in [2.45, 2.75) is 25.2 Å². The van der Waals surface area contributed by atoms with Gasteiger partial charge in [0.2, 0.25) is 6.41 Å². The fraction of sp³-hybridized carbons (Fsp3) is 0.462. The Bertz CT molecular complexity index is 460. The maximum Gasteiger partial charge on any atom is 0.328 e. The zero-order valence-electron chi connectivity index (χ0n) is 11.6. The summed E-state index contributed by atoms with van der Waals surface area (Å²) >= 11 is 0. The van der Waals surface area contributed by atoms with Gasteiger partial charge < -0.3 is 20.3 Å². The summed E-state index contributed by atoms with van der Waals surface area (Å²) in [6.45, 7) is -0.145. The molecule has 0 aromatic heterocycles. The molecule has 3 N–H and O–H groups in total. The van der Waals surface area contributed by atoms with Crippen molar-refractivity contribution >= 4 is 18.3 Å². The Morgan fingerprint density at radius 1 is 1.38 bits per heavy atom. The van der Waals surface area contributed by atoms with E-state index >= 15 is 0 Å². The molecule has 8 heteroatoms. The van der Waals surface area contributed by atoms with Crippen LogP contribution in [-0.2, 0) is 19.1 Å². The largest absolute Gasteiger partial charge is 0.478 e. The lowest BCUT2D eigenvalue weighted by Crippen LogP contribution is -2.32. The van der Waals surface area contributed by atoms with Crippen LogP contribution in [0.2, 0.25) is 0 Å². The molecule has 0 aromatic carbocycles. The topological polar surface area (TPSA) is 116 Å². The second-order valence-electron chi connectivity index (χ2n) is 4.36. The smallest absolute Gasteiger partial charge is 0.328 e. The molecule has 1 heterocycles. The van der Waals surface area contributed by atoms with Crippen molar-refractivity contribution in [1.82, 2.24) is 10.2 Å². The van der Waals surface area contributed by atoms with Gasteiger partial charge in [-0.15, -0.1) is 0 Å². The number of carboxylic acids is 1. The van der Waals surface area contributed by atoms with Gasteiger partial charge in [0.25, 0.3) is 5.91 Å². The molecule has 0 radical (unpaired) electrons. The first kappa shape index (κ1) is 16.9. The van der Waals surface area contributed by atoms with Crippen molar-refractivity contribution in [3.8, 4) is 0 Å². The first-order valence-corrected chi connectivity index (χ1v) is 6.35. The Kier molecular flexibility index (Phi) is 6.57. The van der Waals surface area contributed by atoms with Gasteiger partial charge >= 0.3 is 5.97 Å². The number of nitrogens with one attached hydrogen (secondary N) is 1. The first-order chi connectivity index (χ1) is 10.0. The molecule has 0 aromatic rings. The lowest BCUT2D eigenvalue weighted by atomic mass is 10.2. The van der Waals surface area contributed by atoms with Gasteiger partial charge in [0, 0.05) is 19.3 Å². The van der Waals surface area contributed by atoms with Crippen LogP contribution in [0, 0.1) is 0 Å². The molecule has 21 heavy (non-hydrogen) atoms. The highest BCUT2D eigenvalue weighted by atomic mass is 16.5. The average molecular weight is 298 g/mol. The third-order valence-electron chi connectivity index (χ3n) is 2.93. The monoisotopic (exact) mass is 298 g/mol. The van der Waals surface area contributed by atoms with E-state index in [4.69, 9.17) is 14.9 Å². The van der Waals surface area contributed by atoms with Crippen molar-refractivity contribution in [2.24, 2.45) is 0 Å². The zero-order chi connectivity index (χ0) is 15.8. The number of rotatable bonds is 7. The number of ether oxygens (including phenoxy) is 1. The van der Waals surface area contributed by atoms with Crippen LogP contribution in [0.15, 0.2) is 23.9 Å². The van der Waals surface area contributed by atoms with E-state index in [1.165, 1.54) is 13.2 Å². The summed E-state index contributed by atoms with van der Waals surface area (Å²) in [5, 5.41) is 20.0. The Balaban J connectivity index is 2.92. The average Bonchev–Trinajstić information content (AvgIpc) is 2.95. The van der Waals surface area contributed by atoms with Crippen molar-refractivity contribution in [2.75, 3.05) is 13.7 Å². The summed E-state index contributed by atoms with van der Waals surface area (Å²) in [6.07, 6.45) is 3.79. The predicted octanol–water partition coefficient (Wildman–Crippen LogP) is -0.787. The van der Waals surface area contributed by atoms with Crippen LogP contribution in [0.5, 0.6) is 0 Å². The number of amides is 2. The van der Waals surface area contributed by atoms with Crippen LogP contribution in [0.3, 0.4) is 0 Å². The second-order valence-corrected chi connectivity index (χ2v) is 4.36. The van der Waals surface area contributed by atoms with E-state index in [2.05, 4.69) is 5.32 Å². The highest BCUT2D eigenvalue weighted by molar-refractivity contribution is 5.97. The standard InChI is InChI=1S/C13H18N2O6/c1-14-13(20)9(2-5-12(18)19)6-15(8-17)11-4-3-10(7-16)21-11/h2,5-6,8,10-11,16H,3-4,7H2,1H3,(H,14,20)(H,18,19)/b5-2+,9-6-. The van der Waals surface area contributed by atoms with Gasteiger partial charge in [-0.3, -0.25) is 14.5 Å². The van der Waals surface area contributed by atoms with Gasteiger partial charge in [-0.25, -0.2) is 4.79 Å². The second kappa shape index (κ2) is 8.18. The van der Waals surface area contributed by atoms with Crippen molar-refractivity contribution < 1.29 is 29.3 Å². The van der Waals surface area contributed by atoms with Crippen LogP contribution in [-0.4, -0.2) is 59.4 Å². The van der Waals surface area contributed by atoms with E-state index in [0.29, 0.717) is 19.3 Å². The van der Waals surface area contributed by atoms with Crippen LogP contribution >= 0.6 is 0 Å². The highest BCUT2D eigenvalue weighted by Crippen LogP contribution is 2.22. The van der Waals surface area contributed by atoms with E-state index in [-0.39, 0.29) is 18.3 Å². The third-order valence-corrected chi connectivity index (χ3v) is 2.93. The molecule has 2 amide bonds. The molecule has 1 fully saturated rings. The minimum atomic E-state index is -1.21. The lowest BCUT2D eigenvalue weighted by Gasteiger charge is -2.21. The van der Waals surface area contributed by atoms with E-state index in [1.807, 2.05) is 0 Å². The van der Waals surface area contributed by atoms with Crippen LogP contribution < -0.4 is 5.32 Å². The molecular weight excluding hydrogens is 280 g/mol. The number of carboxylic acid groups (broad SMARTS) is 1. The molecule has 0 spiro atoms. The van der Waals surface area contributed by atoms with E-state index in [0.717, 1.165) is 17.1 Å². The molecule has 8 nitrogen and oxygen atoms in total. The Hall–Kier alpha value is -2.19. The summed E-state index contributed by atoms with van der Waals surface area (Å²) in [4.78, 5) is 34.5. The quantitative estimate of drug-likeness (QED) is 0.322. The SMILES string of the molecule is CNC(=O)C(=C\N(C=O)C1CCC(CO)O1)/C=C/C(=O)O. The molecule has 0 bridgehead atoms. The minimum absolute atomic E-state index is 0.00282. The molecule has 0 saturated carbocycles. The lowest BCUT2D eigenvalue weighted by molar-refractivity contribution is -0.131. The normalized spacial score (nSPS) is 22.3. The fourth-order valence-corrected chi connectivity index (χ4v) is 1.87. The number of hydrogen-bond donors (Lipinski definition) is 3. The molecule has 2 unspecified atom stereocenters. The van der Waals surface area contributed by atoms with Gasteiger partial charge in [-0.05, 0) is 18.9 Å². The number of aliphatic hydroxyl groups excluding tert-OH is 1. The Morgan fingerprint density at radius 3 is 2.57 bits per heavy atom. The molecule has 116 valence electrons. The van der Waals surface area contributed by atoms with Crippen molar-refractivity contribution in [3.05, 3.63) is 23.9 Å². The number of carbonyl (C=O) groups excluding carboxylic acids is 2. The van der Waals surface area contributed by atoms with Gasteiger partial charge in [-0.1, -0.05) is 0 Å². The van der Waals surface area contributed by atoms with Gasteiger partial charge in [0.1, 0.15) is 6.23 Å². The maximum atomic E-state index is 11.7. The summed E-state index contributed by atoms with van der Waals surface area (Å²) in [7, 11) is 1.39. The number of hydrogen-bond acceptors (Lipinski definition) is 5. The molecule has 1 saturated heterocycles. The Morgan fingerprint density at radius 2 is 2.10 bits per heavy atom. The molecular formula is C13H18N2O6. The summed E-state index contributed by atoms with van der Waals surface area (Å²) < 4.78 is 5.43. The van der Waals surface area contributed by atoms with Crippen LogP contribution in [0.4, 0.5) is 0 Å². The number of likely N-dealkylation sites (N-methyl/N-ethyl adjacent to an activating group) is 1. The number of nitrogens with zero attached hydrogens (tertiary/aromatic N) is 1. The van der Waals surface area contributed by atoms with Gasteiger partial charge in [0.15, 0.2) is 0 Å². The summed E-state index contributed by atoms with van der Waals surface area (Å²) in [5.41, 5.74) is 0.00282. The third kappa shape index (κ3) is 5.01. The highest BCUT2D eigenvalue weighted by Gasteiger charge is 2.28. The van der Waals surface area contributed by atoms with E-state index in [1.54, 1.807) is 0 Å². The summed E-state index contributed by atoms with van der Waals surface area (Å²) in [6, 6.07) is 0. The van der Waals surface area contributed by atoms with E-state index in [9.17, 15) is 14.4 Å². The molecule has 1 aliphatic heterocycles. The summed E-state index contributed by atoms with van der Waals surface area (Å²) in [5.74, 6) is -1.74. The minimum Gasteiger partial charge on any atom is -0.478 e. The van der Waals surface area contributed by atoms with E-state index < -0.39 is 18.1 Å². The van der Waals surface area contributed by atoms with Crippen molar-refractivity contribution in [3.63, 3.8) is 0 Å². The zero-order valence-corrected chi connectivity index (χ0v) is 11.6. The van der Waals surface area contributed by atoms with Gasteiger partial charge in [0.05, 0.1) is 18.3 Å². The molecule has 2 atom stereocenters. The maximum absolute atomic E-state index is 11.7. The number of aliphatic hydroxyl groups is 1. The van der Waals surface area contributed by atoms with Crippen molar-refractivity contribution in [1.29, 1.82) is 0 Å². The van der Waals surface area contributed by atoms with Crippen LogP contribution in [0.1, 0.15) is 12.8 Å². The fourth-order valence-electron chi connectivity index (χ4n) is 1.87. The first-order valence-electron chi connectivity index (χ1n) is 6.35. The van der Waals surface area contributed by atoms with Crippen LogP contribution in [0.25, 0.3) is 0 Å². The van der Waals surface area contributed by atoms with Gasteiger partial charge in [-0.2, -0.15) is 0 Å². The molecule has 1 rings (SSSR count). The molecule has 1 aliphatic rings. The predicted molar refractivity (Wildman–Crippen MR) is 71.8 cm³/mol. The number of aliphatic carboxylic acids is 1. The molecule has 0 aliphatic carbocycles.